The molecule has 0 radical (unpaired) electrons. The van der Waals surface area contributed by atoms with Crippen LogP contribution in [0.5, 0.6) is 0 Å². The molecule has 1 aromatic heterocycles. The van der Waals surface area contributed by atoms with Gasteiger partial charge in [-0.2, -0.15) is 15.0 Å². The molecule has 0 aliphatic heterocycles. The Balaban J connectivity index is 3.25. The number of rotatable bonds is 18. The first-order valence-corrected chi connectivity index (χ1v) is 17.2. The first-order valence-electron chi connectivity index (χ1n) is 11.8. The zero-order valence-corrected chi connectivity index (χ0v) is 28.3. The molecule has 0 bridgehead atoms. The van der Waals surface area contributed by atoms with Crippen molar-refractivity contribution < 1.29 is 36.7 Å². The van der Waals surface area contributed by atoms with Crippen LogP contribution >= 0.6 is 73.2 Å². The van der Waals surface area contributed by atoms with E-state index in [-0.39, 0.29) is 51.4 Å². The van der Waals surface area contributed by atoms with Crippen LogP contribution in [0.3, 0.4) is 0 Å². The lowest BCUT2D eigenvalue weighted by Gasteiger charge is -2.24. The smallest absolute Gasteiger partial charge is 0.374 e. The quantitative estimate of drug-likeness (QED) is 0.142. The summed E-state index contributed by atoms with van der Waals surface area (Å²) in [5.41, 5.74) is -1.98. The second kappa shape index (κ2) is 17.1. The van der Waals surface area contributed by atoms with Crippen LogP contribution in [-0.4, -0.2) is 88.3 Å². The average molecular weight is 698 g/mol. The lowest BCUT2D eigenvalue weighted by molar-refractivity contribution is -0.00691. The zero-order chi connectivity index (χ0) is 29.9. The van der Waals surface area contributed by atoms with Gasteiger partial charge in [0.05, 0.1) is 61.6 Å². The molecular weight excluding hydrogens is 661 g/mol. The van der Waals surface area contributed by atoms with Gasteiger partial charge in [0.2, 0.25) is 16.4 Å². The van der Waals surface area contributed by atoms with E-state index >= 15 is 0 Å². The molecule has 0 aromatic carbocycles. The minimum atomic E-state index is -4.30. The van der Waals surface area contributed by atoms with Crippen LogP contribution < -0.4 is 11.1 Å². The number of alkyl halides is 4. The van der Waals surface area contributed by atoms with Crippen LogP contribution in [0.2, 0.25) is 5.28 Å². The van der Waals surface area contributed by atoms with Gasteiger partial charge in [-0.25, -0.2) is 0 Å². The van der Waals surface area contributed by atoms with Gasteiger partial charge in [-0.3, -0.25) is 9.13 Å². The second-order valence-corrected chi connectivity index (χ2v) is 16.0. The molecule has 0 saturated heterocycles. The van der Waals surface area contributed by atoms with Gasteiger partial charge < -0.3 is 27.6 Å². The molecule has 0 spiro atoms. The van der Waals surface area contributed by atoms with E-state index in [0.717, 1.165) is 0 Å². The third-order valence-corrected chi connectivity index (χ3v) is 8.38. The fourth-order valence-electron chi connectivity index (χ4n) is 2.32. The highest BCUT2D eigenvalue weighted by Gasteiger charge is 2.39. The number of hydrogen-bond acceptors (Lipinski definition) is 11. The molecule has 1 rings (SSSR count). The number of halogens is 5. The summed E-state index contributed by atoms with van der Waals surface area (Å²) < 4.78 is 60.5. The summed E-state index contributed by atoms with van der Waals surface area (Å²) in [5, 5.41) is -1.87. The van der Waals surface area contributed by atoms with Crippen molar-refractivity contribution >= 4 is 84.3 Å². The highest BCUT2D eigenvalue weighted by atomic mass is 35.5. The minimum Gasteiger partial charge on any atom is -0.374 e. The third-order valence-electron chi connectivity index (χ3n) is 4.00. The van der Waals surface area contributed by atoms with Gasteiger partial charge in [0.25, 0.3) is 0 Å². The Hall–Kier alpha value is 0.680. The second-order valence-electron chi connectivity index (χ2n) is 9.88. The van der Waals surface area contributed by atoms with E-state index in [1.807, 2.05) is 41.5 Å². The molecule has 0 N–H and O–H groups in total. The third kappa shape index (κ3) is 15.1. The summed E-state index contributed by atoms with van der Waals surface area (Å²) in [4.78, 5) is 11.8. The summed E-state index contributed by atoms with van der Waals surface area (Å²) in [6.07, 6.45) is 0. The molecule has 0 aliphatic carbocycles. The van der Waals surface area contributed by atoms with Gasteiger partial charge >= 0.3 is 15.2 Å². The molecule has 11 nitrogen and oxygen atoms in total. The fourth-order valence-corrected chi connectivity index (χ4v) is 6.37. The van der Waals surface area contributed by atoms with E-state index in [1.165, 1.54) is 0 Å². The van der Waals surface area contributed by atoms with E-state index in [1.54, 1.807) is 0 Å². The van der Waals surface area contributed by atoms with Gasteiger partial charge in [0, 0.05) is 11.8 Å². The van der Waals surface area contributed by atoms with Crippen LogP contribution in [0, 0.1) is 0 Å². The summed E-state index contributed by atoms with van der Waals surface area (Å²) in [7, 11) is -8.60. The lowest BCUT2D eigenvalue weighted by atomic mass is 10.2. The number of hydrogen-bond donors (Lipinski definition) is 0. The zero-order valence-electron chi connectivity index (χ0n) is 22.7. The summed E-state index contributed by atoms with van der Waals surface area (Å²) >= 11 is 30.1. The first kappa shape index (κ1) is 37.7. The van der Waals surface area contributed by atoms with Gasteiger partial charge in [0.15, 0.2) is 0 Å². The highest BCUT2D eigenvalue weighted by Crippen LogP contribution is 2.49. The topological polar surface area (TPSA) is 128 Å². The van der Waals surface area contributed by atoms with Crippen molar-refractivity contribution in [2.24, 2.45) is 0 Å². The van der Waals surface area contributed by atoms with Crippen molar-refractivity contribution in [1.82, 2.24) is 15.0 Å². The summed E-state index contributed by atoms with van der Waals surface area (Å²) in [5.74, 6) is -0.0463. The largest absolute Gasteiger partial charge is 0.398 e. The molecule has 228 valence electrons. The van der Waals surface area contributed by atoms with Gasteiger partial charge in [-0.05, 0) is 53.1 Å². The first-order chi connectivity index (χ1) is 17.9. The standard InChI is InChI=1S/C21H36Cl5N3O8P2/c1-20(2,3)32-11-15(24)13-36-38(30,34-9-7-22)18-27-17(26)28-19(29-18)39(31,35-10-8-23)37-14-16(25)12-33-21(4,5)6/h15-16H,7-14H2,1-6H3. The van der Waals surface area contributed by atoms with Crippen molar-refractivity contribution in [3.05, 3.63) is 5.28 Å². The van der Waals surface area contributed by atoms with Crippen molar-refractivity contribution in [2.75, 3.05) is 51.4 Å². The van der Waals surface area contributed by atoms with E-state index in [0.29, 0.717) is 0 Å². The Bertz CT molecular complexity index is 912. The predicted molar refractivity (Wildman–Crippen MR) is 155 cm³/mol. The van der Waals surface area contributed by atoms with Gasteiger partial charge in [-0.1, -0.05) is 0 Å². The normalized spacial score (nSPS) is 17.4. The van der Waals surface area contributed by atoms with Crippen molar-refractivity contribution in [3.63, 3.8) is 0 Å². The number of aromatic nitrogens is 3. The number of nitrogens with zero attached hydrogens (tertiary/aromatic N) is 3. The minimum absolute atomic E-state index is 0.0232. The summed E-state index contributed by atoms with van der Waals surface area (Å²) in [6, 6.07) is 0. The molecule has 4 unspecified atom stereocenters. The Morgan fingerprint density at radius 1 is 0.667 bits per heavy atom. The van der Waals surface area contributed by atoms with Crippen LogP contribution in [0.15, 0.2) is 0 Å². The lowest BCUT2D eigenvalue weighted by Crippen LogP contribution is -2.32. The molecule has 39 heavy (non-hydrogen) atoms. The molecule has 1 heterocycles. The van der Waals surface area contributed by atoms with Crippen molar-refractivity contribution in [3.8, 4) is 0 Å². The SMILES string of the molecule is CC(C)(C)OCC(Cl)COP(=O)(OCCCl)c1nc(Cl)nc(P(=O)(OCCCl)OCC(Cl)COC(C)(C)C)n1. The molecule has 0 aliphatic rings. The number of ether oxygens (including phenoxy) is 2. The highest BCUT2D eigenvalue weighted by molar-refractivity contribution is 7.63. The fraction of sp³-hybridized carbons (Fsp3) is 0.857. The molecule has 0 fully saturated rings. The van der Waals surface area contributed by atoms with E-state index in [9.17, 15) is 9.13 Å². The van der Waals surface area contributed by atoms with Crippen molar-refractivity contribution in [2.45, 2.75) is 63.5 Å². The van der Waals surface area contributed by atoms with Crippen molar-refractivity contribution in [1.29, 1.82) is 0 Å². The van der Waals surface area contributed by atoms with Gasteiger partial charge in [-0.15, -0.1) is 46.4 Å². The molecule has 0 amide bonds. The maximum absolute atomic E-state index is 13.7. The van der Waals surface area contributed by atoms with E-state index in [4.69, 9.17) is 85.6 Å². The van der Waals surface area contributed by atoms with Crippen LogP contribution in [0.1, 0.15) is 41.5 Å². The molecule has 18 heteroatoms. The maximum Gasteiger partial charge on any atom is 0.398 e. The van der Waals surface area contributed by atoms with E-state index < -0.39 is 53.6 Å². The van der Waals surface area contributed by atoms with Crippen LogP contribution in [0.4, 0.5) is 0 Å². The molecule has 4 atom stereocenters. The summed E-state index contributed by atoms with van der Waals surface area (Å²) in [6.45, 7) is 10.4. The molecule has 1 aromatic rings. The predicted octanol–water partition coefficient (Wildman–Crippen LogP) is 5.55. The Labute approximate surface area is 255 Å². The molecular formula is C21H36Cl5N3O8P2. The monoisotopic (exact) mass is 695 g/mol. The van der Waals surface area contributed by atoms with Crippen LogP contribution in [0.25, 0.3) is 0 Å². The maximum atomic E-state index is 13.7. The Morgan fingerprint density at radius 3 is 1.33 bits per heavy atom. The Morgan fingerprint density at radius 2 is 1.03 bits per heavy atom. The van der Waals surface area contributed by atoms with Crippen LogP contribution in [-0.2, 0) is 36.7 Å². The molecule has 0 saturated carbocycles. The van der Waals surface area contributed by atoms with E-state index in [2.05, 4.69) is 15.0 Å². The van der Waals surface area contributed by atoms with Gasteiger partial charge in [0.1, 0.15) is 0 Å². The average Bonchev–Trinajstić information content (AvgIpc) is 2.84. The Kier molecular flexibility index (Phi) is 16.5.